The highest BCUT2D eigenvalue weighted by Gasteiger charge is 2.24. The normalized spacial score (nSPS) is 13.8. The minimum Gasteiger partial charge on any atom is -0.454 e. The van der Waals surface area contributed by atoms with Gasteiger partial charge in [0.15, 0.2) is 17.6 Å². The summed E-state index contributed by atoms with van der Waals surface area (Å²) in [4.78, 5) is 36.7. The molecule has 0 aliphatic carbocycles. The van der Waals surface area contributed by atoms with Gasteiger partial charge in [-0.25, -0.2) is 4.79 Å². The van der Waals surface area contributed by atoms with Crippen LogP contribution in [0.15, 0.2) is 42.5 Å². The molecule has 0 aromatic heterocycles. The molecule has 0 saturated heterocycles. The second-order valence-corrected chi connectivity index (χ2v) is 7.07. The van der Waals surface area contributed by atoms with E-state index in [1.807, 2.05) is 0 Å². The van der Waals surface area contributed by atoms with Gasteiger partial charge in [0.1, 0.15) is 6.04 Å². The van der Waals surface area contributed by atoms with Gasteiger partial charge in [-0.3, -0.25) is 9.59 Å². The minimum absolute atomic E-state index is 0.170. The number of ether oxygens (including phenoxy) is 3. The van der Waals surface area contributed by atoms with E-state index in [0.29, 0.717) is 11.5 Å². The van der Waals surface area contributed by atoms with Crippen LogP contribution in [0.3, 0.4) is 0 Å². The quantitative estimate of drug-likeness (QED) is 0.651. The number of halogens is 1. The topological polar surface area (TPSA) is 103 Å². The van der Waals surface area contributed by atoms with E-state index in [1.165, 1.54) is 13.8 Å². The Bertz CT molecular complexity index is 964. The third kappa shape index (κ3) is 5.21. The smallest absolute Gasteiger partial charge is 0.329 e. The van der Waals surface area contributed by atoms with Crippen LogP contribution in [0.25, 0.3) is 0 Å². The van der Waals surface area contributed by atoms with Crippen LogP contribution in [0.5, 0.6) is 11.5 Å². The number of carbonyl (C=O) groups is 3. The number of carbonyl (C=O) groups excluding carboxylic acids is 3. The largest absolute Gasteiger partial charge is 0.454 e. The molecule has 1 aliphatic rings. The van der Waals surface area contributed by atoms with Crippen LogP contribution in [0.1, 0.15) is 29.8 Å². The maximum atomic E-state index is 12.2. The van der Waals surface area contributed by atoms with Gasteiger partial charge in [0, 0.05) is 6.54 Å². The number of amides is 2. The first-order valence-corrected chi connectivity index (χ1v) is 9.65. The van der Waals surface area contributed by atoms with Crippen molar-refractivity contribution in [2.45, 2.75) is 32.5 Å². The number of hydrogen-bond donors (Lipinski definition) is 2. The molecule has 9 heteroatoms. The Morgan fingerprint density at radius 2 is 1.83 bits per heavy atom. The van der Waals surface area contributed by atoms with Crippen molar-refractivity contribution < 1.29 is 28.6 Å². The van der Waals surface area contributed by atoms with Crippen molar-refractivity contribution in [3.63, 3.8) is 0 Å². The number of benzene rings is 2. The summed E-state index contributed by atoms with van der Waals surface area (Å²) in [6.07, 6.45) is -1.04. The third-order valence-corrected chi connectivity index (χ3v) is 4.72. The van der Waals surface area contributed by atoms with Crippen molar-refractivity contribution in [1.29, 1.82) is 0 Å². The van der Waals surface area contributed by atoms with Crippen molar-refractivity contribution in [3.05, 3.63) is 58.6 Å². The summed E-state index contributed by atoms with van der Waals surface area (Å²) in [5, 5.41) is 5.47. The van der Waals surface area contributed by atoms with Gasteiger partial charge in [0.05, 0.1) is 10.6 Å². The molecule has 8 nitrogen and oxygen atoms in total. The van der Waals surface area contributed by atoms with Crippen molar-refractivity contribution >= 4 is 29.4 Å². The van der Waals surface area contributed by atoms with E-state index in [2.05, 4.69) is 10.6 Å². The Labute approximate surface area is 178 Å². The Hall–Kier alpha value is -3.26. The molecule has 0 radical (unpaired) electrons. The first kappa shape index (κ1) is 21.4. The molecular formula is C21H21ClN2O6. The van der Waals surface area contributed by atoms with Crippen LogP contribution in [0.4, 0.5) is 0 Å². The Kier molecular flexibility index (Phi) is 6.79. The van der Waals surface area contributed by atoms with Crippen molar-refractivity contribution in [2.24, 2.45) is 0 Å². The molecule has 2 amide bonds. The van der Waals surface area contributed by atoms with Gasteiger partial charge in [-0.1, -0.05) is 29.8 Å². The van der Waals surface area contributed by atoms with E-state index in [0.717, 1.165) is 5.56 Å². The second kappa shape index (κ2) is 9.49. The monoisotopic (exact) mass is 432 g/mol. The van der Waals surface area contributed by atoms with E-state index in [1.54, 1.807) is 42.5 Å². The zero-order valence-corrected chi connectivity index (χ0v) is 17.2. The average Bonchev–Trinajstić information content (AvgIpc) is 3.19. The lowest BCUT2D eigenvalue weighted by Gasteiger charge is -2.18. The zero-order chi connectivity index (χ0) is 21.7. The van der Waals surface area contributed by atoms with Gasteiger partial charge in [0.2, 0.25) is 6.79 Å². The molecular weight excluding hydrogens is 412 g/mol. The van der Waals surface area contributed by atoms with Crippen molar-refractivity contribution in [2.75, 3.05) is 6.79 Å². The highest BCUT2D eigenvalue weighted by molar-refractivity contribution is 6.33. The molecule has 0 unspecified atom stereocenters. The van der Waals surface area contributed by atoms with Gasteiger partial charge in [-0.05, 0) is 43.7 Å². The molecule has 0 spiro atoms. The molecule has 1 heterocycles. The summed E-state index contributed by atoms with van der Waals surface area (Å²) >= 11 is 5.98. The number of fused-ring (bicyclic) bond motifs is 1. The summed E-state index contributed by atoms with van der Waals surface area (Å²) in [5.41, 5.74) is 1.06. The predicted molar refractivity (Wildman–Crippen MR) is 108 cm³/mol. The molecule has 2 aromatic carbocycles. The van der Waals surface area contributed by atoms with Crippen LogP contribution < -0.4 is 20.1 Å². The lowest BCUT2D eigenvalue weighted by molar-refractivity contribution is -0.156. The molecule has 2 atom stereocenters. The second-order valence-electron chi connectivity index (χ2n) is 6.66. The molecule has 0 saturated carbocycles. The molecule has 30 heavy (non-hydrogen) atoms. The lowest BCUT2D eigenvalue weighted by atomic mass is 10.2. The first-order valence-electron chi connectivity index (χ1n) is 9.27. The fourth-order valence-electron chi connectivity index (χ4n) is 2.69. The molecule has 2 aromatic rings. The summed E-state index contributed by atoms with van der Waals surface area (Å²) < 4.78 is 15.7. The zero-order valence-electron chi connectivity index (χ0n) is 16.4. The third-order valence-electron chi connectivity index (χ3n) is 4.39. The highest BCUT2D eigenvalue weighted by Crippen LogP contribution is 2.32. The van der Waals surface area contributed by atoms with Crippen molar-refractivity contribution in [1.82, 2.24) is 10.6 Å². The summed E-state index contributed by atoms with van der Waals surface area (Å²) in [5.74, 6) is -0.443. The van der Waals surface area contributed by atoms with Gasteiger partial charge < -0.3 is 24.8 Å². The molecule has 0 bridgehead atoms. The maximum absolute atomic E-state index is 12.2. The Morgan fingerprint density at radius 3 is 2.60 bits per heavy atom. The summed E-state index contributed by atoms with van der Waals surface area (Å²) in [6, 6.07) is 10.8. The summed E-state index contributed by atoms with van der Waals surface area (Å²) in [6.45, 7) is 3.32. The number of rotatable bonds is 7. The van der Waals surface area contributed by atoms with Crippen LogP contribution >= 0.6 is 11.6 Å². The Morgan fingerprint density at radius 1 is 1.10 bits per heavy atom. The fraction of sp³-hybridized carbons (Fsp3) is 0.286. The van der Waals surface area contributed by atoms with E-state index < -0.39 is 29.9 Å². The number of hydrogen-bond acceptors (Lipinski definition) is 6. The molecule has 2 N–H and O–H groups in total. The number of esters is 1. The minimum atomic E-state index is -1.04. The van der Waals surface area contributed by atoms with E-state index in [-0.39, 0.29) is 23.9 Å². The molecule has 3 rings (SSSR count). The van der Waals surface area contributed by atoms with Gasteiger partial charge in [-0.15, -0.1) is 0 Å². The summed E-state index contributed by atoms with van der Waals surface area (Å²) in [7, 11) is 0. The fourth-order valence-corrected chi connectivity index (χ4v) is 2.91. The standard InChI is InChI=1S/C21H21ClN2O6/c1-12(24-20(26)15-5-3-4-6-16(15)22)21(27)30-13(2)19(25)23-10-14-7-8-17-18(9-14)29-11-28-17/h3-9,12-13H,10-11H2,1-2H3,(H,23,25)(H,24,26)/t12-,13+/m1/s1. The molecule has 1 aliphatic heterocycles. The Balaban J connectivity index is 1.47. The maximum Gasteiger partial charge on any atom is 0.329 e. The average molecular weight is 433 g/mol. The SMILES string of the molecule is C[C@H](OC(=O)[C@@H](C)NC(=O)c1ccccc1Cl)C(=O)NCc1ccc2c(c1)OCO2. The van der Waals surface area contributed by atoms with Gasteiger partial charge >= 0.3 is 5.97 Å². The first-order chi connectivity index (χ1) is 14.3. The van der Waals surface area contributed by atoms with E-state index >= 15 is 0 Å². The lowest BCUT2D eigenvalue weighted by Crippen LogP contribution is -2.43. The van der Waals surface area contributed by atoms with E-state index in [9.17, 15) is 14.4 Å². The van der Waals surface area contributed by atoms with Crippen LogP contribution in [0.2, 0.25) is 5.02 Å². The van der Waals surface area contributed by atoms with Gasteiger partial charge in [-0.2, -0.15) is 0 Å². The van der Waals surface area contributed by atoms with Crippen LogP contribution in [0, 0.1) is 0 Å². The van der Waals surface area contributed by atoms with Crippen molar-refractivity contribution in [3.8, 4) is 11.5 Å². The molecule has 158 valence electrons. The molecule has 0 fully saturated rings. The predicted octanol–water partition coefficient (Wildman–Crippen LogP) is 2.44. The van der Waals surface area contributed by atoms with Crippen LogP contribution in [-0.2, 0) is 20.9 Å². The van der Waals surface area contributed by atoms with E-state index in [4.69, 9.17) is 25.8 Å². The van der Waals surface area contributed by atoms with Crippen LogP contribution in [-0.4, -0.2) is 36.7 Å². The van der Waals surface area contributed by atoms with Gasteiger partial charge in [0.25, 0.3) is 11.8 Å². The number of nitrogens with one attached hydrogen (secondary N) is 2. The highest BCUT2D eigenvalue weighted by atomic mass is 35.5.